The van der Waals surface area contributed by atoms with Gasteiger partial charge in [0.25, 0.3) is 11.8 Å². The minimum Gasteiger partial charge on any atom is -0.365 e. The molecule has 0 radical (unpaired) electrons. The number of hydrogen-bond donors (Lipinski definition) is 2. The fraction of sp³-hybridized carbons (Fsp3) is 0.429. The fourth-order valence-electron chi connectivity index (χ4n) is 4.07. The minimum absolute atomic E-state index is 0.0917. The van der Waals surface area contributed by atoms with Crippen LogP contribution in [0, 0.1) is 5.92 Å². The van der Waals surface area contributed by atoms with E-state index in [4.69, 9.17) is 5.73 Å². The quantitative estimate of drug-likeness (QED) is 0.728. The van der Waals surface area contributed by atoms with Gasteiger partial charge in [0.15, 0.2) is 0 Å². The van der Waals surface area contributed by atoms with Crippen molar-refractivity contribution < 1.29 is 14.4 Å². The second kappa shape index (κ2) is 8.53. The van der Waals surface area contributed by atoms with Crippen molar-refractivity contribution in [3.63, 3.8) is 0 Å². The fourth-order valence-corrected chi connectivity index (χ4v) is 4.92. The number of carbonyl (C=O) groups excluding carboxylic acids is 3. The third-order valence-electron chi connectivity index (χ3n) is 5.72. The van der Waals surface area contributed by atoms with Gasteiger partial charge >= 0.3 is 0 Å². The highest BCUT2D eigenvalue weighted by Crippen LogP contribution is 2.30. The lowest BCUT2D eigenvalue weighted by Crippen LogP contribution is -2.46. The van der Waals surface area contributed by atoms with Gasteiger partial charge in [-0.2, -0.15) is 0 Å². The van der Waals surface area contributed by atoms with E-state index in [1.165, 1.54) is 17.5 Å². The van der Waals surface area contributed by atoms with Crippen LogP contribution in [-0.4, -0.2) is 45.8 Å². The zero-order chi connectivity index (χ0) is 21.3. The van der Waals surface area contributed by atoms with Crippen LogP contribution in [0.5, 0.6) is 0 Å². The molecule has 1 fully saturated rings. The standard InChI is InChI=1S/C21H25N5O3S/c1-2-13(10-17-23-11-16(30-17)19(22)27)20(28)24-18-15-7-4-3-6-14(15)12-25-8-5-9-26(25)21(18)29/h3-4,6-7,11,13,18H,2,5,8-10,12H2,1H3,(H2,22,27)(H,24,28)/t13-,18+/m1/s1. The van der Waals surface area contributed by atoms with Crippen LogP contribution in [0.2, 0.25) is 0 Å². The van der Waals surface area contributed by atoms with Crippen molar-refractivity contribution in [3.05, 3.63) is 51.5 Å². The zero-order valence-electron chi connectivity index (χ0n) is 16.8. The Balaban J connectivity index is 1.55. The maximum absolute atomic E-state index is 13.3. The predicted molar refractivity (Wildman–Crippen MR) is 112 cm³/mol. The summed E-state index contributed by atoms with van der Waals surface area (Å²) in [5.41, 5.74) is 7.21. The van der Waals surface area contributed by atoms with Crippen LogP contribution in [0.4, 0.5) is 0 Å². The highest BCUT2D eigenvalue weighted by atomic mass is 32.1. The van der Waals surface area contributed by atoms with Crippen molar-refractivity contribution in [3.8, 4) is 0 Å². The van der Waals surface area contributed by atoms with E-state index in [2.05, 4.69) is 15.3 Å². The summed E-state index contributed by atoms with van der Waals surface area (Å²) in [7, 11) is 0. The Labute approximate surface area is 179 Å². The topological polar surface area (TPSA) is 109 Å². The van der Waals surface area contributed by atoms with Crippen molar-refractivity contribution in [2.75, 3.05) is 13.1 Å². The van der Waals surface area contributed by atoms with Gasteiger partial charge in [0.2, 0.25) is 5.91 Å². The second-order valence-electron chi connectivity index (χ2n) is 7.64. The lowest BCUT2D eigenvalue weighted by Gasteiger charge is -2.28. The van der Waals surface area contributed by atoms with E-state index in [0.29, 0.717) is 35.8 Å². The number of aromatic nitrogens is 1. The monoisotopic (exact) mass is 427 g/mol. The molecule has 0 bridgehead atoms. The molecule has 0 saturated carbocycles. The van der Waals surface area contributed by atoms with Gasteiger partial charge in [0.1, 0.15) is 10.9 Å². The van der Waals surface area contributed by atoms with E-state index >= 15 is 0 Å². The van der Waals surface area contributed by atoms with Gasteiger partial charge in [-0.25, -0.2) is 9.99 Å². The molecule has 158 valence electrons. The van der Waals surface area contributed by atoms with Gasteiger partial charge < -0.3 is 11.1 Å². The van der Waals surface area contributed by atoms with Crippen molar-refractivity contribution in [2.45, 2.75) is 38.8 Å². The Morgan fingerprint density at radius 3 is 2.87 bits per heavy atom. The molecule has 9 heteroatoms. The van der Waals surface area contributed by atoms with Crippen molar-refractivity contribution in [2.24, 2.45) is 11.7 Å². The van der Waals surface area contributed by atoms with Crippen LogP contribution in [0.1, 0.15) is 51.6 Å². The molecule has 2 aromatic rings. The summed E-state index contributed by atoms with van der Waals surface area (Å²) >= 11 is 1.21. The molecule has 3 N–H and O–H groups in total. The first-order valence-electron chi connectivity index (χ1n) is 10.2. The van der Waals surface area contributed by atoms with Gasteiger partial charge in [-0.3, -0.25) is 19.4 Å². The molecule has 0 unspecified atom stereocenters. The van der Waals surface area contributed by atoms with E-state index in [1.807, 2.05) is 31.2 Å². The molecule has 2 aliphatic rings. The number of hydrazine groups is 1. The number of nitrogens with zero attached hydrogens (tertiary/aromatic N) is 3. The third-order valence-corrected chi connectivity index (χ3v) is 6.75. The molecule has 0 aliphatic carbocycles. The number of carbonyl (C=O) groups is 3. The summed E-state index contributed by atoms with van der Waals surface area (Å²) in [5.74, 6) is -1.15. The number of primary amides is 1. The lowest BCUT2D eigenvalue weighted by molar-refractivity contribution is -0.148. The number of amides is 3. The Bertz CT molecular complexity index is 975. The van der Waals surface area contributed by atoms with Crippen LogP contribution < -0.4 is 11.1 Å². The third kappa shape index (κ3) is 3.95. The SMILES string of the molecule is CC[C@H](Cc1ncc(C(N)=O)s1)C(=O)N[C@@H]1C(=O)N2CCCN2Cc2ccccc21. The molecule has 1 saturated heterocycles. The van der Waals surface area contributed by atoms with Gasteiger partial charge in [0.05, 0.1) is 11.2 Å². The lowest BCUT2D eigenvalue weighted by atomic mass is 9.97. The first-order chi connectivity index (χ1) is 14.5. The van der Waals surface area contributed by atoms with E-state index in [-0.39, 0.29) is 17.7 Å². The van der Waals surface area contributed by atoms with E-state index in [1.54, 1.807) is 5.01 Å². The normalized spacial score (nSPS) is 19.7. The van der Waals surface area contributed by atoms with Crippen LogP contribution in [0.25, 0.3) is 0 Å². The van der Waals surface area contributed by atoms with E-state index in [9.17, 15) is 14.4 Å². The molecule has 0 spiro atoms. The van der Waals surface area contributed by atoms with Crippen molar-refractivity contribution in [1.29, 1.82) is 0 Å². The van der Waals surface area contributed by atoms with Gasteiger partial charge in [0, 0.05) is 32.0 Å². The Morgan fingerprint density at radius 1 is 1.33 bits per heavy atom. The first kappa shape index (κ1) is 20.5. The number of nitrogens with one attached hydrogen (secondary N) is 1. The molecule has 1 aromatic heterocycles. The number of fused-ring (bicyclic) bond motifs is 2. The summed E-state index contributed by atoms with van der Waals surface area (Å²) < 4.78 is 0. The number of rotatable bonds is 6. The largest absolute Gasteiger partial charge is 0.365 e. The average molecular weight is 428 g/mol. The second-order valence-corrected chi connectivity index (χ2v) is 8.75. The predicted octanol–water partition coefficient (Wildman–Crippen LogP) is 1.63. The van der Waals surface area contributed by atoms with E-state index in [0.717, 1.165) is 24.1 Å². The van der Waals surface area contributed by atoms with Crippen molar-refractivity contribution >= 4 is 29.1 Å². The molecular formula is C21H25N5O3S. The molecule has 3 amide bonds. The molecule has 2 atom stereocenters. The van der Waals surface area contributed by atoms with Gasteiger partial charge in [-0.15, -0.1) is 11.3 Å². The highest BCUT2D eigenvalue weighted by Gasteiger charge is 2.38. The summed E-state index contributed by atoms with van der Waals surface area (Å²) in [5, 5.41) is 7.52. The summed E-state index contributed by atoms with van der Waals surface area (Å²) in [6.07, 6.45) is 3.37. The van der Waals surface area contributed by atoms with Crippen molar-refractivity contribution in [1.82, 2.24) is 20.3 Å². The maximum atomic E-state index is 13.3. The van der Waals surface area contributed by atoms with Crippen LogP contribution in [0.3, 0.4) is 0 Å². The molecule has 1 aromatic carbocycles. The molecule has 30 heavy (non-hydrogen) atoms. The molecule has 3 heterocycles. The smallest absolute Gasteiger partial charge is 0.264 e. The van der Waals surface area contributed by atoms with E-state index < -0.39 is 11.9 Å². The maximum Gasteiger partial charge on any atom is 0.264 e. The number of nitrogens with two attached hydrogens (primary N) is 1. The number of thiazole rings is 1. The Morgan fingerprint density at radius 2 is 2.13 bits per heavy atom. The zero-order valence-corrected chi connectivity index (χ0v) is 17.7. The highest BCUT2D eigenvalue weighted by molar-refractivity contribution is 7.13. The Kier molecular flexibility index (Phi) is 5.83. The Hall–Kier alpha value is -2.78. The summed E-state index contributed by atoms with van der Waals surface area (Å²) in [6.45, 7) is 4.11. The molecular weight excluding hydrogens is 402 g/mol. The van der Waals surface area contributed by atoms with Gasteiger partial charge in [-0.1, -0.05) is 31.2 Å². The van der Waals surface area contributed by atoms with Crippen LogP contribution in [0.15, 0.2) is 30.5 Å². The molecule has 4 rings (SSSR count). The number of hydrogen-bond acceptors (Lipinski definition) is 6. The summed E-state index contributed by atoms with van der Waals surface area (Å²) in [6, 6.07) is 7.09. The average Bonchev–Trinajstić information content (AvgIpc) is 3.38. The van der Waals surface area contributed by atoms with Crippen LogP contribution >= 0.6 is 11.3 Å². The minimum atomic E-state index is -0.705. The number of benzene rings is 1. The summed E-state index contributed by atoms with van der Waals surface area (Å²) in [4.78, 5) is 42.3. The molecule has 8 nitrogen and oxygen atoms in total. The van der Waals surface area contributed by atoms with Gasteiger partial charge in [-0.05, 0) is 24.0 Å². The van der Waals surface area contributed by atoms with Crippen LogP contribution in [-0.2, 0) is 22.6 Å². The first-order valence-corrected chi connectivity index (χ1v) is 11.0. The molecule has 2 aliphatic heterocycles.